The lowest BCUT2D eigenvalue weighted by Gasteiger charge is -2.29. The summed E-state index contributed by atoms with van der Waals surface area (Å²) >= 11 is 1.64. The van der Waals surface area contributed by atoms with Crippen molar-refractivity contribution in [1.29, 1.82) is 0 Å². The van der Waals surface area contributed by atoms with Gasteiger partial charge in [0.05, 0.1) is 24.9 Å². The molecule has 4 rings (SSSR count). The van der Waals surface area contributed by atoms with Crippen LogP contribution < -0.4 is 31.5 Å². The number of nitrogens with one attached hydrogen (secondary N) is 5. The Morgan fingerprint density at radius 3 is 2.50 bits per heavy atom. The second-order valence-electron chi connectivity index (χ2n) is 11.9. The Kier molecular flexibility index (Phi) is 12.1. The Labute approximate surface area is 274 Å². The van der Waals surface area contributed by atoms with E-state index in [-0.39, 0.29) is 31.6 Å². The number of carbonyl (C=O) groups excluding carboxylic acids is 3. The molecule has 5 amide bonds. The fourth-order valence-corrected chi connectivity index (χ4v) is 5.68. The van der Waals surface area contributed by atoms with Gasteiger partial charge in [-0.05, 0) is 73.9 Å². The second kappa shape index (κ2) is 15.9. The van der Waals surface area contributed by atoms with Gasteiger partial charge in [0.15, 0.2) is 0 Å². The topological polar surface area (TPSA) is 155 Å². The molecule has 2 atom stereocenters. The van der Waals surface area contributed by atoms with Crippen molar-refractivity contribution < 1.29 is 24.6 Å². The number of thioether (sulfide) groups is 1. The zero-order valence-electron chi connectivity index (χ0n) is 26.7. The highest BCUT2D eigenvalue weighted by atomic mass is 32.2. The molecule has 3 aromatic rings. The number of urea groups is 2. The second-order valence-corrected chi connectivity index (χ2v) is 12.8. The lowest BCUT2D eigenvalue weighted by Crippen LogP contribution is -2.55. The van der Waals surface area contributed by atoms with Gasteiger partial charge in [0.1, 0.15) is 6.04 Å². The summed E-state index contributed by atoms with van der Waals surface area (Å²) in [6.07, 6.45) is 2.19. The summed E-state index contributed by atoms with van der Waals surface area (Å²) in [7, 11) is 1.57. The number of rotatable bonds is 12. The Balaban J connectivity index is 1.51. The van der Waals surface area contributed by atoms with Crippen LogP contribution in [0.3, 0.4) is 0 Å². The Bertz CT molecular complexity index is 1520. The molecule has 0 unspecified atom stereocenters. The van der Waals surface area contributed by atoms with Crippen molar-refractivity contribution in [1.82, 2.24) is 21.3 Å². The van der Waals surface area contributed by atoms with Crippen LogP contribution in [0.1, 0.15) is 31.4 Å². The highest BCUT2D eigenvalue weighted by molar-refractivity contribution is 7.98. The number of β-amino-alcohol motifs (C(OH)–C–C–N with tert-alkyl or cyclic N) is 1. The van der Waals surface area contributed by atoms with E-state index in [4.69, 9.17) is 5.11 Å². The lowest BCUT2D eigenvalue weighted by molar-refractivity contribution is -0.120. The van der Waals surface area contributed by atoms with E-state index in [9.17, 15) is 19.5 Å². The van der Waals surface area contributed by atoms with Gasteiger partial charge in [0, 0.05) is 41.8 Å². The fraction of sp³-hybridized carbons (Fsp3) is 0.382. The molecule has 0 fully saturated rings. The molecule has 12 heteroatoms. The maximum absolute atomic E-state index is 14.0. The molecule has 0 aromatic heterocycles. The fourth-order valence-electron chi connectivity index (χ4n) is 5.21. The number of aliphatic hydroxyl groups excluding tert-OH is 2. The molecule has 1 heterocycles. The van der Waals surface area contributed by atoms with Crippen LogP contribution in [0.5, 0.6) is 0 Å². The minimum atomic E-state index is -0.894. The monoisotopic (exact) mass is 648 g/mol. The molecule has 0 radical (unpaired) electrons. The smallest absolute Gasteiger partial charge is 0.318 e. The van der Waals surface area contributed by atoms with Crippen molar-refractivity contribution in [3.63, 3.8) is 0 Å². The molecule has 246 valence electrons. The minimum Gasteiger partial charge on any atom is -0.394 e. The largest absolute Gasteiger partial charge is 0.394 e. The molecule has 0 saturated carbocycles. The summed E-state index contributed by atoms with van der Waals surface area (Å²) in [5, 5.41) is 33.0. The van der Waals surface area contributed by atoms with E-state index in [0.29, 0.717) is 25.1 Å². The number of aliphatic hydroxyl groups is 2. The van der Waals surface area contributed by atoms with Crippen LogP contribution in [-0.4, -0.2) is 78.9 Å². The van der Waals surface area contributed by atoms with Gasteiger partial charge in [-0.15, -0.1) is 11.8 Å². The summed E-state index contributed by atoms with van der Waals surface area (Å²) < 4.78 is 0. The van der Waals surface area contributed by atoms with Crippen LogP contribution in [0.25, 0.3) is 11.1 Å². The predicted molar refractivity (Wildman–Crippen MR) is 183 cm³/mol. The van der Waals surface area contributed by atoms with Gasteiger partial charge in [-0.1, -0.05) is 42.5 Å². The predicted octanol–water partition coefficient (Wildman–Crippen LogP) is 3.70. The van der Waals surface area contributed by atoms with Gasteiger partial charge in [-0.2, -0.15) is 0 Å². The average molecular weight is 649 g/mol. The van der Waals surface area contributed by atoms with Crippen LogP contribution >= 0.6 is 11.8 Å². The first-order valence-corrected chi connectivity index (χ1v) is 16.5. The first kappa shape index (κ1) is 34.8. The summed E-state index contributed by atoms with van der Waals surface area (Å²) in [5.74, 6) is -0.196. The molecule has 0 aliphatic carbocycles. The van der Waals surface area contributed by atoms with Crippen LogP contribution in [0.15, 0.2) is 71.6 Å². The SMILES string of the molecule is CNC(=O)Nc1ccccc1-c1ccc(CN2C(=O)[C@H](NC(=O)NCC(C)(C)NC[C@H](O)CO)CCc3cc(SC)ccc32)cc1. The van der Waals surface area contributed by atoms with Crippen molar-refractivity contribution >= 4 is 41.1 Å². The summed E-state index contributed by atoms with van der Waals surface area (Å²) in [6.45, 7) is 4.13. The van der Waals surface area contributed by atoms with Gasteiger partial charge < -0.3 is 41.7 Å². The molecule has 7 N–H and O–H groups in total. The summed E-state index contributed by atoms with van der Waals surface area (Å²) in [4.78, 5) is 41.8. The summed E-state index contributed by atoms with van der Waals surface area (Å²) in [5.41, 5.74) is 4.71. The molecule has 0 bridgehead atoms. The van der Waals surface area contributed by atoms with E-state index in [0.717, 1.165) is 32.8 Å². The highest BCUT2D eigenvalue weighted by Gasteiger charge is 2.32. The van der Waals surface area contributed by atoms with Crippen LogP contribution in [-0.2, 0) is 17.8 Å². The van der Waals surface area contributed by atoms with Gasteiger partial charge in [-0.3, -0.25) is 4.79 Å². The number of hydrogen-bond donors (Lipinski definition) is 7. The van der Waals surface area contributed by atoms with E-state index < -0.39 is 23.7 Å². The number of anilines is 2. The van der Waals surface area contributed by atoms with Crippen molar-refractivity contribution in [2.75, 3.05) is 43.2 Å². The van der Waals surface area contributed by atoms with Crippen molar-refractivity contribution in [2.45, 2.75) is 55.8 Å². The normalized spacial score (nSPS) is 15.4. The van der Waals surface area contributed by atoms with Gasteiger partial charge in [0.25, 0.3) is 0 Å². The van der Waals surface area contributed by atoms with E-state index in [1.165, 1.54) is 0 Å². The molecule has 3 aromatic carbocycles. The lowest BCUT2D eigenvalue weighted by atomic mass is 10.0. The molecule has 46 heavy (non-hydrogen) atoms. The number of benzene rings is 3. The Hall–Kier alpha value is -4.10. The molecule has 0 saturated heterocycles. The third-order valence-corrected chi connectivity index (χ3v) is 8.60. The molecular weight excluding hydrogens is 604 g/mol. The van der Waals surface area contributed by atoms with Gasteiger partial charge in [-0.25, -0.2) is 9.59 Å². The first-order chi connectivity index (χ1) is 22.0. The maximum atomic E-state index is 14.0. The molecule has 1 aliphatic heterocycles. The molecular formula is C34H44N6O5S. The summed E-state index contributed by atoms with van der Waals surface area (Å²) in [6, 6.07) is 20.0. The number of nitrogens with zero attached hydrogens (tertiary/aromatic N) is 1. The van der Waals surface area contributed by atoms with Gasteiger partial charge in [0.2, 0.25) is 5.91 Å². The van der Waals surface area contributed by atoms with Crippen molar-refractivity contribution in [2.24, 2.45) is 0 Å². The number of fused-ring (bicyclic) bond motifs is 1. The van der Waals surface area contributed by atoms with Crippen molar-refractivity contribution in [3.8, 4) is 11.1 Å². The number of amides is 5. The highest BCUT2D eigenvalue weighted by Crippen LogP contribution is 2.33. The van der Waals surface area contributed by atoms with E-state index >= 15 is 0 Å². The van der Waals surface area contributed by atoms with Gasteiger partial charge >= 0.3 is 12.1 Å². The van der Waals surface area contributed by atoms with E-state index in [2.05, 4.69) is 32.7 Å². The molecule has 1 aliphatic rings. The zero-order valence-corrected chi connectivity index (χ0v) is 27.5. The Morgan fingerprint density at radius 2 is 1.80 bits per heavy atom. The standard InChI is InChI=1S/C34H44N6O5S/c1-34(2,37-18-25(42)20-41)21-36-33(45)39-29-15-13-24-17-26(46-4)14-16-30(24)40(31(29)43)19-22-9-11-23(12-10-22)27-7-5-6-8-28(27)38-32(44)35-3/h5-12,14,16-17,25,29,37,41-42H,13,15,18-21H2,1-4H3,(H2,35,38,44)(H2,36,39,45)/t25-,29+/m0/s1. The zero-order chi connectivity index (χ0) is 33.3. The molecule has 0 spiro atoms. The van der Waals surface area contributed by atoms with Crippen LogP contribution in [0.2, 0.25) is 0 Å². The van der Waals surface area contributed by atoms with Crippen molar-refractivity contribution in [3.05, 3.63) is 77.9 Å². The quantitative estimate of drug-likeness (QED) is 0.148. The number of carbonyl (C=O) groups is 3. The minimum absolute atomic E-state index is 0.180. The number of para-hydroxylation sites is 1. The average Bonchev–Trinajstić information content (AvgIpc) is 3.18. The number of hydrogen-bond acceptors (Lipinski definition) is 7. The van der Waals surface area contributed by atoms with E-state index in [1.54, 1.807) is 23.7 Å². The van der Waals surface area contributed by atoms with Crippen LogP contribution in [0.4, 0.5) is 21.0 Å². The van der Waals surface area contributed by atoms with Crippen LogP contribution in [0, 0.1) is 0 Å². The third kappa shape index (κ3) is 9.23. The maximum Gasteiger partial charge on any atom is 0.318 e. The van der Waals surface area contributed by atoms with E-state index in [1.807, 2.05) is 80.8 Å². The number of aryl methyl sites for hydroxylation is 1. The molecule has 11 nitrogen and oxygen atoms in total. The third-order valence-electron chi connectivity index (χ3n) is 7.88. The first-order valence-electron chi connectivity index (χ1n) is 15.3. The Morgan fingerprint density at radius 1 is 1.07 bits per heavy atom.